The lowest BCUT2D eigenvalue weighted by molar-refractivity contribution is -0.136. The Morgan fingerprint density at radius 1 is 0.833 bits per heavy atom. The maximum absolute atomic E-state index is 13.2. The Bertz CT molecular complexity index is 1040. The Kier molecular flexibility index (Phi) is 10.3. The third-order valence-electron chi connectivity index (χ3n) is 6.30. The van der Waals surface area contributed by atoms with Crippen molar-refractivity contribution >= 4 is 23.9 Å². The molecular weight excluding hydrogens is 452 g/mol. The first-order chi connectivity index (χ1) is 17.4. The predicted octanol–water partition coefficient (Wildman–Crippen LogP) is 6.25. The van der Waals surface area contributed by atoms with Gasteiger partial charge in [0.2, 0.25) is 0 Å². The molecule has 0 aliphatic carbocycles. The van der Waals surface area contributed by atoms with Gasteiger partial charge in [-0.2, -0.15) is 0 Å². The smallest absolute Gasteiger partial charge is 0.334 e. The Hall–Kier alpha value is -3.41. The van der Waals surface area contributed by atoms with E-state index in [1.807, 2.05) is 54.6 Å². The minimum atomic E-state index is -0.563. The molecule has 6 nitrogen and oxygen atoms in total. The zero-order valence-corrected chi connectivity index (χ0v) is 21.7. The fraction of sp³-hybridized carbons (Fsp3) is 0.433. The van der Waals surface area contributed by atoms with Crippen LogP contribution < -0.4 is 4.74 Å². The van der Waals surface area contributed by atoms with Crippen LogP contribution in [0.4, 0.5) is 4.79 Å². The summed E-state index contributed by atoms with van der Waals surface area (Å²) in [7, 11) is 0. The molecule has 192 valence electrons. The Labute approximate surface area is 214 Å². The molecule has 0 spiro atoms. The molecular formula is C30H38N2O4. The zero-order chi connectivity index (χ0) is 25.9. The topological polar surface area (TPSA) is 66.9 Å². The highest BCUT2D eigenvalue weighted by atomic mass is 16.5. The van der Waals surface area contributed by atoms with Gasteiger partial charge in [-0.15, -0.1) is 0 Å². The third kappa shape index (κ3) is 7.30. The molecule has 6 heteroatoms. The molecule has 0 radical (unpaired) electrons. The van der Waals surface area contributed by atoms with E-state index >= 15 is 0 Å². The fourth-order valence-electron chi connectivity index (χ4n) is 4.23. The number of imide groups is 2. The van der Waals surface area contributed by atoms with Crippen LogP contribution in [0.25, 0.3) is 6.08 Å². The third-order valence-corrected chi connectivity index (χ3v) is 6.30. The molecule has 1 aliphatic heterocycles. The average molecular weight is 491 g/mol. The van der Waals surface area contributed by atoms with Gasteiger partial charge in [0.1, 0.15) is 11.3 Å². The summed E-state index contributed by atoms with van der Waals surface area (Å²) in [6.07, 6.45) is 9.34. The van der Waals surface area contributed by atoms with Crippen LogP contribution in [0.5, 0.6) is 5.75 Å². The van der Waals surface area contributed by atoms with Crippen molar-refractivity contribution < 1.29 is 19.1 Å². The van der Waals surface area contributed by atoms with E-state index in [0.29, 0.717) is 18.6 Å². The van der Waals surface area contributed by atoms with Crippen LogP contribution in [0, 0.1) is 0 Å². The summed E-state index contributed by atoms with van der Waals surface area (Å²) in [4.78, 5) is 41.7. The maximum atomic E-state index is 13.2. The van der Waals surface area contributed by atoms with E-state index in [0.717, 1.165) is 22.6 Å². The van der Waals surface area contributed by atoms with Gasteiger partial charge in [-0.25, -0.2) is 4.79 Å². The molecule has 0 aromatic heterocycles. The van der Waals surface area contributed by atoms with E-state index in [1.165, 1.54) is 37.0 Å². The van der Waals surface area contributed by atoms with E-state index in [4.69, 9.17) is 4.74 Å². The molecule has 0 atom stereocenters. The lowest BCUT2D eigenvalue weighted by Crippen LogP contribution is -2.58. The monoisotopic (exact) mass is 490 g/mol. The molecule has 0 saturated carbocycles. The zero-order valence-electron chi connectivity index (χ0n) is 21.7. The molecule has 36 heavy (non-hydrogen) atoms. The number of urea groups is 1. The van der Waals surface area contributed by atoms with E-state index in [2.05, 4.69) is 6.92 Å². The Morgan fingerprint density at radius 2 is 1.50 bits per heavy atom. The number of benzene rings is 2. The van der Waals surface area contributed by atoms with E-state index in [-0.39, 0.29) is 18.2 Å². The van der Waals surface area contributed by atoms with Gasteiger partial charge in [-0.05, 0) is 56.0 Å². The highest BCUT2D eigenvalue weighted by Crippen LogP contribution is 2.23. The van der Waals surface area contributed by atoms with Crippen LogP contribution in [-0.4, -0.2) is 46.8 Å². The number of nitrogens with zero attached hydrogens (tertiary/aromatic N) is 2. The molecule has 1 saturated heterocycles. The van der Waals surface area contributed by atoms with Gasteiger partial charge < -0.3 is 4.74 Å². The second kappa shape index (κ2) is 13.6. The number of rotatable bonds is 13. The summed E-state index contributed by atoms with van der Waals surface area (Å²) < 4.78 is 5.84. The molecule has 1 fully saturated rings. The minimum Gasteiger partial charge on any atom is -0.494 e. The molecule has 3 rings (SSSR count). The van der Waals surface area contributed by atoms with Crippen LogP contribution in [0.3, 0.4) is 0 Å². The molecule has 0 N–H and O–H groups in total. The molecule has 4 amide bonds. The number of barbiturate groups is 1. The average Bonchev–Trinajstić information content (AvgIpc) is 2.87. The first-order valence-corrected chi connectivity index (χ1v) is 13.1. The van der Waals surface area contributed by atoms with Crippen molar-refractivity contribution in [1.29, 1.82) is 0 Å². The number of hydrogen-bond donors (Lipinski definition) is 0. The molecule has 2 aromatic rings. The number of hydrogen-bond acceptors (Lipinski definition) is 4. The van der Waals surface area contributed by atoms with Crippen molar-refractivity contribution in [1.82, 2.24) is 9.80 Å². The number of carbonyl (C=O) groups excluding carboxylic acids is 3. The maximum Gasteiger partial charge on any atom is 0.334 e. The van der Waals surface area contributed by atoms with Gasteiger partial charge in [0, 0.05) is 12.6 Å². The van der Waals surface area contributed by atoms with Crippen LogP contribution in [0.15, 0.2) is 60.2 Å². The van der Waals surface area contributed by atoms with Crippen LogP contribution >= 0.6 is 0 Å². The van der Waals surface area contributed by atoms with Gasteiger partial charge >= 0.3 is 6.03 Å². The highest BCUT2D eigenvalue weighted by molar-refractivity contribution is 6.31. The van der Waals surface area contributed by atoms with Gasteiger partial charge in [0.25, 0.3) is 11.8 Å². The largest absolute Gasteiger partial charge is 0.494 e. The number of carbonyl (C=O) groups is 3. The first kappa shape index (κ1) is 27.2. The second-order valence-corrected chi connectivity index (χ2v) is 9.49. The summed E-state index contributed by atoms with van der Waals surface area (Å²) >= 11 is 0. The summed E-state index contributed by atoms with van der Waals surface area (Å²) in [5, 5.41) is 0. The van der Waals surface area contributed by atoms with Gasteiger partial charge in [0.05, 0.1) is 6.61 Å². The van der Waals surface area contributed by atoms with E-state index < -0.39 is 17.8 Å². The molecule has 0 bridgehead atoms. The standard InChI is InChI=1S/C30H38N2O4/c1-4-5-6-7-8-12-21-36-26-17-15-25(16-18-26)22-27-28(33)31(20-19-24-13-10-9-11-14-24)30(35)32(23(2)3)29(27)34/h9-11,13-18,22-23H,4-8,12,19-21H2,1-3H3/b27-22-. The van der Waals surface area contributed by atoms with Crippen LogP contribution in [-0.2, 0) is 16.0 Å². The predicted molar refractivity (Wildman–Crippen MR) is 143 cm³/mol. The van der Waals surface area contributed by atoms with Crippen LogP contribution in [0.2, 0.25) is 0 Å². The summed E-state index contributed by atoms with van der Waals surface area (Å²) in [5.74, 6) is -0.351. The normalized spacial score (nSPS) is 15.3. The van der Waals surface area contributed by atoms with Gasteiger partial charge in [0.15, 0.2) is 0 Å². The lowest BCUT2D eigenvalue weighted by atomic mass is 10.0. The van der Waals surface area contributed by atoms with Crippen molar-refractivity contribution in [3.05, 3.63) is 71.3 Å². The van der Waals surface area contributed by atoms with Crippen molar-refractivity contribution in [2.75, 3.05) is 13.2 Å². The van der Waals surface area contributed by atoms with E-state index in [9.17, 15) is 14.4 Å². The Morgan fingerprint density at radius 3 is 2.17 bits per heavy atom. The summed E-state index contributed by atoms with van der Waals surface area (Å²) in [6, 6.07) is 16.1. The SMILES string of the molecule is CCCCCCCCOc1ccc(/C=C2/C(=O)N(CCc3ccccc3)C(=O)N(C(C)C)C2=O)cc1. The van der Waals surface area contributed by atoms with Crippen LogP contribution in [0.1, 0.15) is 70.4 Å². The number of amides is 4. The molecule has 0 unspecified atom stereocenters. The number of ether oxygens (including phenoxy) is 1. The van der Waals surface area contributed by atoms with E-state index in [1.54, 1.807) is 19.9 Å². The molecule has 2 aromatic carbocycles. The first-order valence-electron chi connectivity index (χ1n) is 13.1. The van der Waals surface area contributed by atoms with Crippen molar-refractivity contribution in [2.45, 2.75) is 71.8 Å². The highest BCUT2D eigenvalue weighted by Gasteiger charge is 2.42. The molecule has 1 heterocycles. The van der Waals surface area contributed by atoms with Gasteiger partial charge in [-0.1, -0.05) is 81.5 Å². The van der Waals surface area contributed by atoms with Crippen molar-refractivity contribution in [2.24, 2.45) is 0 Å². The lowest BCUT2D eigenvalue weighted by Gasteiger charge is -2.36. The van der Waals surface area contributed by atoms with Gasteiger partial charge in [-0.3, -0.25) is 19.4 Å². The Balaban J connectivity index is 1.68. The quantitative estimate of drug-likeness (QED) is 0.189. The second-order valence-electron chi connectivity index (χ2n) is 9.49. The fourth-order valence-corrected chi connectivity index (χ4v) is 4.23. The summed E-state index contributed by atoms with van der Waals surface area (Å²) in [6.45, 7) is 6.64. The van der Waals surface area contributed by atoms with Crippen molar-refractivity contribution in [3.63, 3.8) is 0 Å². The number of unbranched alkanes of at least 4 members (excludes halogenated alkanes) is 5. The molecule has 1 aliphatic rings. The summed E-state index contributed by atoms with van der Waals surface area (Å²) in [5.41, 5.74) is 1.73. The minimum absolute atomic E-state index is 0.00268. The van der Waals surface area contributed by atoms with Crippen molar-refractivity contribution in [3.8, 4) is 5.75 Å².